The van der Waals surface area contributed by atoms with E-state index in [9.17, 15) is 25.2 Å². The number of aliphatic hydroxyl groups is 3. The maximum absolute atomic E-state index is 11.6. The summed E-state index contributed by atoms with van der Waals surface area (Å²) >= 11 is 0. The van der Waals surface area contributed by atoms with E-state index in [-0.39, 0.29) is 29.4 Å². The van der Waals surface area contributed by atoms with Crippen molar-refractivity contribution in [3.05, 3.63) is 23.3 Å². The van der Waals surface area contributed by atoms with E-state index in [0.717, 1.165) is 12.0 Å². The van der Waals surface area contributed by atoms with Crippen LogP contribution in [0.4, 0.5) is 0 Å². The molecule has 2 saturated heterocycles. The zero-order valence-corrected chi connectivity index (χ0v) is 19.7. The van der Waals surface area contributed by atoms with Gasteiger partial charge in [-0.3, -0.25) is 4.90 Å². The van der Waals surface area contributed by atoms with E-state index in [1.165, 1.54) is 12.1 Å². The van der Waals surface area contributed by atoms with Gasteiger partial charge in [-0.05, 0) is 54.4 Å². The number of fused-ring (bicyclic) bond motifs is 3. The van der Waals surface area contributed by atoms with Crippen molar-refractivity contribution in [3.8, 4) is 11.5 Å². The quantitative estimate of drug-likeness (QED) is 0.427. The Morgan fingerprint density at radius 1 is 1.17 bits per heavy atom. The summed E-state index contributed by atoms with van der Waals surface area (Å²) < 4.78 is 66.9. The zero-order valence-electron chi connectivity index (χ0n) is 25.7. The Hall–Kier alpha value is -1.95. The Bertz CT molecular complexity index is 1100. The minimum atomic E-state index is -2.86. The van der Waals surface area contributed by atoms with Crippen molar-refractivity contribution in [3.63, 3.8) is 0 Å². The van der Waals surface area contributed by atoms with Gasteiger partial charge in [-0.15, -0.1) is 0 Å². The Morgan fingerprint density at radius 3 is 2.54 bits per heavy atom. The summed E-state index contributed by atoms with van der Waals surface area (Å²) in [6.07, 6.45) is -7.62. The van der Waals surface area contributed by atoms with Crippen molar-refractivity contribution in [2.45, 2.75) is 76.0 Å². The second-order valence-electron chi connectivity index (χ2n) is 10.00. The van der Waals surface area contributed by atoms with Crippen LogP contribution >= 0.6 is 0 Å². The molecule has 0 radical (unpaired) electrons. The van der Waals surface area contributed by atoms with Crippen LogP contribution in [0.3, 0.4) is 0 Å². The fraction of sp³-hybridized carbons (Fsp3) is 0.720. The van der Waals surface area contributed by atoms with Gasteiger partial charge in [-0.2, -0.15) is 0 Å². The summed E-state index contributed by atoms with van der Waals surface area (Å²) in [6.45, 7) is 5.28. The lowest BCUT2D eigenvalue weighted by molar-refractivity contribution is -0.312. The third-order valence-electron chi connectivity index (χ3n) is 7.24. The predicted octanol–water partition coefficient (Wildman–Crippen LogP) is 0.946. The number of hydrogen-bond donors (Lipinski definition) is 4. The van der Waals surface area contributed by atoms with Crippen molar-refractivity contribution in [1.82, 2.24) is 4.90 Å². The number of aliphatic hydroxyl groups excluding tert-OH is 3. The fourth-order valence-electron chi connectivity index (χ4n) is 5.58. The summed E-state index contributed by atoms with van der Waals surface area (Å²) in [5, 5.41) is 40.3. The number of rotatable bonds is 7. The van der Waals surface area contributed by atoms with Crippen LogP contribution in [-0.2, 0) is 20.7 Å². The Morgan fingerprint density at radius 2 is 1.89 bits per heavy atom. The molecule has 2 fully saturated rings. The van der Waals surface area contributed by atoms with Crippen LogP contribution in [0.25, 0.3) is 0 Å². The minimum absolute atomic E-state index is 0.0628. The van der Waals surface area contributed by atoms with Crippen molar-refractivity contribution in [1.29, 1.82) is 0 Å². The van der Waals surface area contributed by atoms with E-state index >= 15 is 0 Å². The van der Waals surface area contributed by atoms with Crippen LogP contribution in [-0.4, -0.2) is 95.3 Å². The molecule has 8 atom stereocenters. The van der Waals surface area contributed by atoms with Gasteiger partial charge in [-0.25, -0.2) is 4.79 Å². The van der Waals surface area contributed by atoms with E-state index in [0.29, 0.717) is 31.5 Å². The summed E-state index contributed by atoms with van der Waals surface area (Å²) in [5.74, 6) is -1.75. The van der Waals surface area contributed by atoms with Crippen LogP contribution < -0.4 is 9.47 Å². The molecule has 0 aromatic heterocycles. The Kier molecular flexibility index (Phi) is 5.80. The largest absolute Gasteiger partial charge is 0.493 e. The number of methoxy groups -OCH3 is 2. The van der Waals surface area contributed by atoms with Gasteiger partial charge in [-0.1, -0.05) is 13.8 Å². The van der Waals surface area contributed by atoms with Crippen molar-refractivity contribution in [2.24, 2.45) is 11.8 Å². The number of benzene rings is 1. The molecule has 4 rings (SSSR count). The van der Waals surface area contributed by atoms with Crippen LogP contribution in [0, 0.1) is 11.8 Å². The van der Waals surface area contributed by atoms with Crippen LogP contribution in [0.5, 0.6) is 11.5 Å². The van der Waals surface area contributed by atoms with E-state index in [1.54, 1.807) is 0 Å². The first-order valence-corrected chi connectivity index (χ1v) is 11.8. The first-order valence-electron chi connectivity index (χ1n) is 14.8. The molecular weight excluding hydrogens is 458 g/mol. The van der Waals surface area contributed by atoms with E-state index in [4.69, 9.17) is 27.2 Å². The number of carboxylic acids is 1. The smallest absolute Gasteiger partial charge is 0.335 e. The van der Waals surface area contributed by atoms with E-state index in [1.807, 2.05) is 13.8 Å². The van der Waals surface area contributed by atoms with Gasteiger partial charge < -0.3 is 39.4 Å². The fourth-order valence-corrected chi connectivity index (χ4v) is 5.58. The standard InChI is InChI=1S/C25H37NO9/c1-12(2)7-14-11-26-6-5-13-8-18(32-3)19(33-4)9-15(13)16(26)10-17(14)34-25-22(29)20(27)21(28)23(35-25)24(30)31/h8-9,12,14,16-17,20-23,25,27-29H,5-7,10-11H2,1-4H3,(H,30,31)/t14-,16-,17+,20-,21-,22+,23-,25+/m0/s1/i3D3,4D3. The molecule has 10 heteroatoms. The lowest BCUT2D eigenvalue weighted by atomic mass is 9.79. The summed E-state index contributed by atoms with van der Waals surface area (Å²) in [4.78, 5) is 13.8. The molecule has 10 nitrogen and oxygen atoms in total. The Balaban J connectivity index is 1.66. The lowest BCUT2D eigenvalue weighted by Gasteiger charge is -2.49. The molecular formula is C25H37NO9. The first kappa shape index (κ1) is 19.2. The number of aliphatic carboxylic acids is 1. The second-order valence-corrected chi connectivity index (χ2v) is 10.00. The molecule has 1 aromatic rings. The lowest BCUT2D eigenvalue weighted by Crippen LogP contribution is -2.61. The Labute approximate surface area is 213 Å². The zero-order chi connectivity index (χ0) is 30.4. The number of carbonyl (C=O) groups is 1. The second kappa shape index (κ2) is 10.6. The molecule has 0 aliphatic carbocycles. The molecule has 0 amide bonds. The third kappa shape index (κ3) is 5.14. The highest BCUT2D eigenvalue weighted by atomic mass is 16.7. The molecule has 4 N–H and O–H groups in total. The highest BCUT2D eigenvalue weighted by molar-refractivity contribution is 5.73. The molecule has 0 unspecified atom stereocenters. The molecule has 196 valence electrons. The highest BCUT2D eigenvalue weighted by Crippen LogP contribution is 2.45. The maximum Gasteiger partial charge on any atom is 0.335 e. The third-order valence-corrected chi connectivity index (χ3v) is 7.24. The van der Waals surface area contributed by atoms with Gasteiger partial charge in [0, 0.05) is 19.1 Å². The van der Waals surface area contributed by atoms with Gasteiger partial charge in [0.1, 0.15) is 18.3 Å². The molecule has 0 spiro atoms. The van der Waals surface area contributed by atoms with Crippen LogP contribution in [0.2, 0.25) is 0 Å². The van der Waals surface area contributed by atoms with Crippen LogP contribution in [0.1, 0.15) is 52.1 Å². The molecule has 0 bridgehead atoms. The predicted molar refractivity (Wildman–Crippen MR) is 124 cm³/mol. The molecule has 35 heavy (non-hydrogen) atoms. The maximum atomic E-state index is 11.6. The van der Waals surface area contributed by atoms with Crippen molar-refractivity contribution in [2.75, 3.05) is 27.2 Å². The highest BCUT2D eigenvalue weighted by Gasteiger charge is 2.49. The number of nitrogens with zero attached hydrogens (tertiary/aromatic N) is 1. The average Bonchev–Trinajstić information content (AvgIpc) is 2.82. The minimum Gasteiger partial charge on any atom is -0.493 e. The van der Waals surface area contributed by atoms with Gasteiger partial charge in [0.25, 0.3) is 0 Å². The van der Waals surface area contributed by atoms with Gasteiger partial charge in [0.05, 0.1) is 28.4 Å². The first-order chi connectivity index (χ1) is 18.9. The van der Waals surface area contributed by atoms with E-state index in [2.05, 4.69) is 4.90 Å². The van der Waals surface area contributed by atoms with E-state index < -0.39 is 56.9 Å². The molecule has 3 aliphatic rings. The normalized spacial score (nSPS) is 38.6. The number of ether oxygens (including phenoxy) is 4. The van der Waals surface area contributed by atoms with Gasteiger partial charge >= 0.3 is 5.97 Å². The molecule has 3 aliphatic heterocycles. The topological polar surface area (TPSA) is 138 Å². The van der Waals surface area contributed by atoms with Crippen molar-refractivity contribution >= 4 is 5.97 Å². The summed E-state index contributed by atoms with van der Waals surface area (Å²) in [7, 11) is -5.70. The molecule has 3 heterocycles. The molecule has 0 saturated carbocycles. The number of carboxylic acid groups (broad SMARTS) is 1. The number of piperidine rings is 1. The van der Waals surface area contributed by atoms with Gasteiger partial charge in [0.15, 0.2) is 23.9 Å². The number of hydrogen-bond acceptors (Lipinski definition) is 9. The monoisotopic (exact) mass is 501 g/mol. The van der Waals surface area contributed by atoms with Crippen LogP contribution in [0.15, 0.2) is 12.1 Å². The summed E-state index contributed by atoms with van der Waals surface area (Å²) in [5.41, 5.74) is 1.46. The van der Waals surface area contributed by atoms with Crippen molar-refractivity contribution < 1.29 is 52.4 Å². The molecule has 1 aromatic carbocycles. The summed E-state index contributed by atoms with van der Waals surface area (Å²) in [6, 6.07) is 2.64. The van der Waals surface area contributed by atoms with Gasteiger partial charge in [0.2, 0.25) is 0 Å². The SMILES string of the molecule is [2H]C([2H])([2H])Oc1cc2c(cc1OC([2H])([2H])[2H])[C@@H]1C[C@@H](O[C@@H]3O[C@H](C(=O)O)[C@@H](O)[C@H](O)[C@H]3O)[C@@H](CC(C)C)CN1CC2. The average molecular weight is 502 g/mol.